The van der Waals surface area contributed by atoms with E-state index in [1.165, 1.54) is 11.8 Å². The van der Waals surface area contributed by atoms with Crippen molar-refractivity contribution in [3.8, 4) is 6.07 Å². The summed E-state index contributed by atoms with van der Waals surface area (Å²) in [6, 6.07) is 16.5. The van der Waals surface area contributed by atoms with Crippen LogP contribution < -0.4 is 4.90 Å². The minimum Gasteiger partial charge on any atom is -0.431 e. The molecule has 2 aromatic carbocycles. The van der Waals surface area contributed by atoms with E-state index in [0.29, 0.717) is 28.1 Å². The molecule has 0 aliphatic carbocycles. The molecule has 0 aliphatic rings. The van der Waals surface area contributed by atoms with Crippen molar-refractivity contribution in [2.75, 3.05) is 17.2 Å². The van der Waals surface area contributed by atoms with E-state index in [4.69, 9.17) is 21.3 Å². The first-order valence-corrected chi connectivity index (χ1v) is 8.95. The van der Waals surface area contributed by atoms with Crippen molar-refractivity contribution < 1.29 is 9.21 Å². The van der Waals surface area contributed by atoms with Gasteiger partial charge in [-0.1, -0.05) is 41.6 Å². The zero-order valence-corrected chi connectivity index (χ0v) is 14.8. The van der Waals surface area contributed by atoms with Crippen molar-refractivity contribution in [3.63, 3.8) is 0 Å². The molecule has 126 valence electrons. The number of fused-ring (bicyclic) bond motifs is 1. The monoisotopic (exact) mass is 371 g/mol. The van der Waals surface area contributed by atoms with Crippen LogP contribution in [0, 0.1) is 11.3 Å². The highest BCUT2D eigenvalue weighted by atomic mass is 35.5. The second-order valence-corrected chi connectivity index (χ2v) is 6.53. The lowest BCUT2D eigenvalue weighted by molar-refractivity contribution is -0.116. The van der Waals surface area contributed by atoms with Crippen LogP contribution in [0.5, 0.6) is 0 Å². The molecule has 1 amide bonds. The fourth-order valence-corrected chi connectivity index (χ4v) is 3.22. The average Bonchev–Trinajstić information content (AvgIpc) is 3.03. The lowest BCUT2D eigenvalue weighted by Gasteiger charge is -2.21. The van der Waals surface area contributed by atoms with Crippen LogP contribution >= 0.6 is 23.4 Å². The van der Waals surface area contributed by atoms with Gasteiger partial charge in [-0.2, -0.15) is 5.26 Å². The van der Waals surface area contributed by atoms with Gasteiger partial charge in [0.15, 0.2) is 5.58 Å². The third-order valence-corrected chi connectivity index (χ3v) is 4.51. The second kappa shape index (κ2) is 8.06. The number of carbonyl (C=O) groups excluding carboxylic acids is 1. The van der Waals surface area contributed by atoms with E-state index in [1.807, 2.05) is 24.3 Å². The summed E-state index contributed by atoms with van der Waals surface area (Å²) in [5.41, 5.74) is 2.12. The number of anilines is 1. The number of carbonyl (C=O) groups is 1. The SMILES string of the molecule is N#CCCN(C(=O)CSc1nc2ccccc2o1)c1cccc(Cl)c1. The molecule has 0 unspecified atom stereocenters. The number of benzene rings is 2. The van der Waals surface area contributed by atoms with Gasteiger partial charge in [-0.3, -0.25) is 4.79 Å². The van der Waals surface area contributed by atoms with Crippen molar-refractivity contribution in [3.05, 3.63) is 53.6 Å². The molecule has 0 radical (unpaired) electrons. The van der Waals surface area contributed by atoms with Crippen LogP contribution in [-0.4, -0.2) is 23.2 Å². The van der Waals surface area contributed by atoms with Crippen molar-refractivity contribution >= 4 is 46.1 Å². The fourth-order valence-electron chi connectivity index (χ4n) is 2.32. The van der Waals surface area contributed by atoms with Crippen molar-refractivity contribution in [2.45, 2.75) is 11.6 Å². The van der Waals surface area contributed by atoms with Gasteiger partial charge in [-0.15, -0.1) is 0 Å². The smallest absolute Gasteiger partial charge is 0.257 e. The number of halogens is 1. The summed E-state index contributed by atoms with van der Waals surface area (Å²) in [7, 11) is 0. The molecule has 0 N–H and O–H groups in total. The van der Waals surface area contributed by atoms with Crippen LogP contribution in [0.1, 0.15) is 6.42 Å². The highest BCUT2D eigenvalue weighted by molar-refractivity contribution is 7.99. The van der Waals surface area contributed by atoms with Crippen LogP contribution in [0.25, 0.3) is 11.1 Å². The minimum absolute atomic E-state index is 0.134. The van der Waals surface area contributed by atoms with Gasteiger partial charge in [0.1, 0.15) is 5.52 Å². The Bertz CT molecular complexity index is 902. The molecule has 0 bridgehead atoms. The predicted molar refractivity (Wildman–Crippen MR) is 98.8 cm³/mol. The molecular weight excluding hydrogens is 358 g/mol. The molecule has 7 heteroatoms. The first-order valence-electron chi connectivity index (χ1n) is 7.58. The Morgan fingerprint density at radius 3 is 2.88 bits per heavy atom. The first-order chi connectivity index (χ1) is 12.2. The van der Waals surface area contributed by atoms with Crippen LogP contribution in [0.15, 0.2) is 58.2 Å². The Hall–Kier alpha value is -2.49. The van der Waals surface area contributed by atoms with Gasteiger partial charge >= 0.3 is 0 Å². The largest absolute Gasteiger partial charge is 0.431 e. The third kappa shape index (κ3) is 4.32. The van der Waals surface area contributed by atoms with Gasteiger partial charge in [-0.05, 0) is 30.3 Å². The zero-order valence-electron chi connectivity index (χ0n) is 13.2. The summed E-state index contributed by atoms with van der Waals surface area (Å²) in [6.45, 7) is 0.309. The maximum Gasteiger partial charge on any atom is 0.257 e. The van der Waals surface area contributed by atoms with E-state index < -0.39 is 0 Å². The van der Waals surface area contributed by atoms with E-state index in [9.17, 15) is 4.79 Å². The molecule has 0 fully saturated rings. The first kappa shape index (κ1) is 17.3. The van der Waals surface area contributed by atoms with Crippen LogP contribution in [-0.2, 0) is 4.79 Å². The Morgan fingerprint density at radius 2 is 2.12 bits per heavy atom. The number of rotatable bonds is 6. The summed E-state index contributed by atoms with van der Waals surface area (Å²) in [4.78, 5) is 18.5. The van der Waals surface area contributed by atoms with E-state index >= 15 is 0 Å². The summed E-state index contributed by atoms with van der Waals surface area (Å²) in [6.07, 6.45) is 0.242. The van der Waals surface area contributed by atoms with E-state index in [2.05, 4.69) is 11.1 Å². The van der Waals surface area contributed by atoms with Gasteiger partial charge in [0.05, 0.1) is 18.2 Å². The predicted octanol–water partition coefficient (Wildman–Crippen LogP) is 4.52. The highest BCUT2D eigenvalue weighted by Gasteiger charge is 2.17. The highest BCUT2D eigenvalue weighted by Crippen LogP contribution is 2.25. The number of amides is 1. The van der Waals surface area contributed by atoms with Gasteiger partial charge in [0.25, 0.3) is 5.22 Å². The number of aromatic nitrogens is 1. The molecule has 0 spiro atoms. The maximum absolute atomic E-state index is 12.6. The minimum atomic E-state index is -0.134. The summed E-state index contributed by atoms with van der Waals surface area (Å²) in [5, 5.41) is 9.83. The van der Waals surface area contributed by atoms with Crippen LogP contribution in [0.4, 0.5) is 5.69 Å². The Kier molecular flexibility index (Phi) is 5.59. The third-order valence-electron chi connectivity index (χ3n) is 3.46. The van der Waals surface area contributed by atoms with Gasteiger partial charge in [-0.25, -0.2) is 4.98 Å². The Labute approximate surface area is 154 Å². The van der Waals surface area contributed by atoms with Crippen LogP contribution in [0.2, 0.25) is 5.02 Å². The Morgan fingerprint density at radius 1 is 1.28 bits per heavy atom. The number of hydrogen-bond acceptors (Lipinski definition) is 5. The number of thioether (sulfide) groups is 1. The fraction of sp³-hybridized carbons (Fsp3) is 0.167. The lowest BCUT2D eigenvalue weighted by atomic mass is 10.2. The van der Waals surface area contributed by atoms with Gasteiger partial charge in [0, 0.05) is 17.3 Å². The molecule has 25 heavy (non-hydrogen) atoms. The molecule has 0 saturated heterocycles. The molecule has 3 rings (SSSR count). The van der Waals surface area contributed by atoms with Crippen molar-refractivity contribution in [1.29, 1.82) is 5.26 Å². The number of hydrogen-bond donors (Lipinski definition) is 0. The molecule has 0 aliphatic heterocycles. The van der Waals surface area contributed by atoms with E-state index in [0.717, 1.165) is 5.52 Å². The van der Waals surface area contributed by atoms with Gasteiger partial charge < -0.3 is 9.32 Å². The molecule has 1 aromatic heterocycles. The normalized spacial score (nSPS) is 10.6. The average molecular weight is 372 g/mol. The Balaban J connectivity index is 1.72. The van der Waals surface area contributed by atoms with Crippen molar-refractivity contribution in [2.24, 2.45) is 0 Å². The molecule has 0 saturated carbocycles. The number of nitrogens with zero attached hydrogens (tertiary/aromatic N) is 3. The molecule has 0 atom stereocenters. The summed E-state index contributed by atoms with van der Waals surface area (Å²) in [5.74, 6) is 0.0230. The topological polar surface area (TPSA) is 70.1 Å². The second-order valence-electron chi connectivity index (χ2n) is 5.17. The zero-order chi connectivity index (χ0) is 17.6. The van der Waals surface area contributed by atoms with Crippen molar-refractivity contribution in [1.82, 2.24) is 4.98 Å². The number of nitriles is 1. The molecular formula is C18H14ClN3O2S. The number of oxazole rings is 1. The maximum atomic E-state index is 12.6. The van der Waals surface area contributed by atoms with E-state index in [-0.39, 0.29) is 18.1 Å². The molecule has 1 heterocycles. The molecule has 3 aromatic rings. The molecule has 5 nitrogen and oxygen atoms in total. The summed E-state index contributed by atoms with van der Waals surface area (Å²) >= 11 is 7.24. The van der Waals surface area contributed by atoms with Crippen LogP contribution in [0.3, 0.4) is 0 Å². The standard InChI is InChI=1S/C18H14ClN3O2S/c19-13-5-3-6-14(11-13)22(10-4-9-20)17(23)12-25-18-21-15-7-1-2-8-16(15)24-18/h1-3,5-8,11H,4,10,12H2. The quantitative estimate of drug-likeness (QED) is 0.596. The summed E-state index contributed by atoms with van der Waals surface area (Å²) < 4.78 is 5.61. The van der Waals surface area contributed by atoms with Gasteiger partial charge in [0.2, 0.25) is 5.91 Å². The lowest BCUT2D eigenvalue weighted by Crippen LogP contribution is -2.33. The number of para-hydroxylation sites is 2. The van der Waals surface area contributed by atoms with E-state index in [1.54, 1.807) is 29.2 Å².